The van der Waals surface area contributed by atoms with Crippen molar-refractivity contribution < 1.29 is 4.79 Å². The maximum atomic E-state index is 13.5. The Labute approximate surface area is 186 Å². The Morgan fingerprint density at radius 2 is 1.79 bits per heavy atom. The largest absolute Gasteiger partial charge is 0.302 e. The Bertz CT molecular complexity index is 1030. The molecule has 0 aliphatic heterocycles. The van der Waals surface area contributed by atoms with E-state index in [2.05, 4.69) is 44.7 Å². The number of hydrogen-bond acceptors (Lipinski definition) is 4. The molecule has 0 aliphatic carbocycles. The van der Waals surface area contributed by atoms with Gasteiger partial charge in [0.2, 0.25) is 0 Å². The van der Waals surface area contributed by atoms with E-state index in [0.29, 0.717) is 27.3 Å². The quantitative estimate of drug-likeness (QED) is 0.430. The molecular formula is C22H25Cl2N3OS. The number of carbonyl (C=O) groups is 1. The second kappa shape index (κ2) is 9.43. The highest BCUT2D eigenvalue weighted by atomic mass is 35.5. The minimum absolute atomic E-state index is 0.182. The molecule has 0 saturated heterocycles. The molecule has 0 unspecified atom stereocenters. The van der Waals surface area contributed by atoms with Gasteiger partial charge in [0.25, 0.3) is 5.91 Å². The molecule has 0 spiro atoms. The van der Waals surface area contributed by atoms with Crippen LogP contribution in [0.2, 0.25) is 10.0 Å². The van der Waals surface area contributed by atoms with Gasteiger partial charge in [0.1, 0.15) is 0 Å². The first-order valence-electron chi connectivity index (χ1n) is 9.71. The lowest BCUT2D eigenvalue weighted by Gasteiger charge is -2.25. The van der Waals surface area contributed by atoms with E-state index in [9.17, 15) is 4.79 Å². The fourth-order valence-corrected chi connectivity index (χ4v) is 4.62. The molecular weight excluding hydrogens is 425 g/mol. The summed E-state index contributed by atoms with van der Waals surface area (Å²) in [6, 6.07) is 9.13. The molecule has 29 heavy (non-hydrogen) atoms. The zero-order valence-electron chi connectivity index (χ0n) is 17.1. The highest BCUT2D eigenvalue weighted by Gasteiger charge is 2.24. The second-order valence-corrected chi connectivity index (χ2v) is 8.81. The normalized spacial score (nSPS) is 11.4. The van der Waals surface area contributed by atoms with Crippen molar-refractivity contribution >= 4 is 55.8 Å². The van der Waals surface area contributed by atoms with E-state index in [1.807, 2.05) is 0 Å². The van der Waals surface area contributed by atoms with Crippen molar-refractivity contribution in [3.05, 3.63) is 57.1 Å². The third kappa shape index (κ3) is 4.75. The maximum absolute atomic E-state index is 13.5. The van der Waals surface area contributed by atoms with Gasteiger partial charge in [-0.05, 0) is 62.3 Å². The van der Waals surface area contributed by atoms with Gasteiger partial charge in [0.05, 0.1) is 20.8 Å². The summed E-state index contributed by atoms with van der Waals surface area (Å²) < 4.78 is 1.07. The first-order valence-corrected chi connectivity index (χ1v) is 11.3. The number of hydrogen-bond donors (Lipinski definition) is 0. The Balaban J connectivity index is 2.04. The van der Waals surface area contributed by atoms with Crippen molar-refractivity contribution in [2.24, 2.45) is 0 Å². The Hall–Kier alpha value is -1.66. The lowest BCUT2D eigenvalue weighted by atomic mass is 10.1. The molecule has 2 aromatic carbocycles. The summed E-state index contributed by atoms with van der Waals surface area (Å²) in [7, 11) is 0. The number of likely N-dealkylation sites (N-methyl/N-ethyl adjacent to an activating group) is 1. The molecule has 3 rings (SSSR count). The van der Waals surface area contributed by atoms with Crippen LogP contribution in [-0.2, 0) is 0 Å². The lowest BCUT2D eigenvalue weighted by molar-refractivity contribution is 0.0984. The van der Waals surface area contributed by atoms with E-state index >= 15 is 0 Å². The third-order valence-corrected chi connectivity index (χ3v) is 6.85. The summed E-state index contributed by atoms with van der Waals surface area (Å²) in [5.74, 6) is -0.182. The fourth-order valence-electron chi connectivity index (χ4n) is 3.20. The van der Waals surface area contributed by atoms with E-state index < -0.39 is 0 Å². The van der Waals surface area contributed by atoms with Crippen molar-refractivity contribution in [1.82, 2.24) is 9.88 Å². The summed E-state index contributed by atoms with van der Waals surface area (Å²) in [6.45, 7) is 11.5. The molecule has 0 bridgehead atoms. The molecule has 1 amide bonds. The van der Waals surface area contributed by atoms with E-state index in [0.717, 1.165) is 35.4 Å². The van der Waals surface area contributed by atoms with E-state index in [1.54, 1.807) is 23.1 Å². The number of aromatic nitrogens is 1. The Morgan fingerprint density at radius 3 is 2.48 bits per heavy atom. The van der Waals surface area contributed by atoms with Crippen LogP contribution < -0.4 is 4.90 Å². The Kier molecular flexibility index (Phi) is 7.17. The van der Waals surface area contributed by atoms with Crippen molar-refractivity contribution in [1.29, 1.82) is 0 Å². The van der Waals surface area contributed by atoms with Gasteiger partial charge >= 0.3 is 0 Å². The van der Waals surface area contributed by atoms with Crippen LogP contribution in [0.25, 0.3) is 10.2 Å². The number of anilines is 1. The van der Waals surface area contributed by atoms with Gasteiger partial charge in [-0.3, -0.25) is 9.69 Å². The molecule has 0 atom stereocenters. The highest BCUT2D eigenvalue weighted by Crippen LogP contribution is 2.33. The van der Waals surface area contributed by atoms with Gasteiger partial charge in [-0.1, -0.05) is 54.5 Å². The molecule has 0 fully saturated rings. The topological polar surface area (TPSA) is 36.4 Å². The fraction of sp³-hybridized carbons (Fsp3) is 0.364. The van der Waals surface area contributed by atoms with Crippen molar-refractivity contribution in [3.63, 3.8) is 0 Å². The van der Waals surface area contributed by atoms with Crippen LogP contribution in [0.15, 0.2) is 30.3 Å². The van der Waals surface area contributed by atoms with Gasteiger partial charge in [-0.15, -0.1) is 0 Å². The molecule has 4 nitrogen and oxygen atoms in total. The smallest absolute Gasteiger partial charge is 0.261 e. The molecule has 0 N–H and O–H groups in total. The summed E-state index contributed by atoms with van der Waals surface area (Å²) in [4.78, 5) is 22.3. The molecule has 1 aromatic heterocycles. The zero-order chi connectivity index (χ0) is 21.1. The van der Waals surface area contributed by atoms with Crippen LogP contribution in [0, 0.1) is 13.8 Å². The first-order chi connectivity index (χ1) is 13.8. The average molecular weight is 450 g/mol. The third-order valence-electron chi connectivity index (χ3n) is 5.24. The summed E-state index contributed by atoms with van der Waals surface area (Å²) in [5.41, 5.74) is 3.67. The number of fused-ring (bicyclic) bond motifs is 1. The van der Waals surface area contributed by atoms with Crippen LogP contribution in [0.3, 0.4) is 0 Å². The number of carbonyl (C=O) groups excluding carboxylic acids is 1. The number of amides is 1. The molecule has 154 valence electrons. The number of halogens is 2. The van der Waals surface area contributed by atoms with E-state index in [-0.39, 0.29) is 5.91 Å². The van der Waals surface area contributed by atoms with Gasteiger partial charge in [0, 0.05) is 18.1 Å². The zero-order valence-corrected chi connectivity index (χ0v) is 19.5. The molecule has 3 aromatic rings. The van der Waals surface area contributed by atoms with E-state index in [1.165, 1.54) is 16.9 Å². The predicted octanol–water partition coefficient (Wildman–Crippen LogP) is 6.21. The molecule has 0 saturated carbocycles. The number of rotatable bonds is 7. The SMILES string of the molecule is CCN(CC)CCN(C(=O)c1cc(Cl)ccc1Cl)c1nc2c(C)c(C)ccc2s1. The van der Waals surface area contributed by atoms with Gasteiger partial charge in [-0.25, -0.2) is 4.98 Å². The van der Waals surface area contributed by atoms with Gasteiger partial charge in [0.15, 0.2) is 5.13 Å². The summed E-state index contributed by atoms with van der Waals surface area (Å²) >= 11 is 14.0. The van der Waals surface area contributed by atoms with Crippen molar-refractivity contribution in [2.75, 3.05) is 31.1 Å². The second-order valence-electron chi connectivity index (χ2n) is 6.96. The summed E-state index contributed by atoms with van der Waals surface area (Å²) in [6.07, 6.45) is 0. The lowest BCUT2D eigenvalue weighted by Crippen LogP contribution is -2.39. The van der Waals surface area contributed by atoms with Crippen LogP contribution in [0.4, 0.5) is 5.13 Å². The monoisotopic (exact) mass is 449 g/mol. The standard InChI is InChI=1S/C22H25Cl2N3OS/c1-5-26(6-2)11-12-27(21(28)17-13-16(23)8-9-18(17)24)22-25-20-15(4)14(3)7-10-19(20)29-22/h7-10,13H,5-6,11-12H2,1-4H3. The van der Waals surface area contributed by atoms with Crippen LogP contribution in [0.1, 0.15) is 35.3 Å². The van der Waals surface area contributed by atoms with Crippen LogP contribution in [-0.4, -0.2) is 42.0 Å². The molecule has 7 heteroatoms. The number of nitrogens with zero attached hydrogens (tertiary/aromatic N) is 3. The first kappa shape index (κ1) is 22.0. The summed E-state index contributed by atoms with van der Waals surface area (Å²) in [5, 5.41) is 1.56. The minimum Gasteiger partial charge on any atom is -0.302 e. The maximum Gasteiger partial charge on any atom is 0.261 e. The van der Waals surface area contributed by atoms with Crippen molar-refractivity contribution in [2.45, 2.75) is 27.7 Å². The van der Waals surface area contributed by atoms with E-state index in [4.69, 9.17) is 28.2 Å². The molecule has 0 radical (unpaired) electrons. The molecule has 0 aliphatic rings. The predicted molar refractivity (Wildman–Crippen MR) is 125 cm³/mol. The Morgan fingerprint density at radius 1 is 1.07 bits per heavy atom. The number of aryl methyl sites for hydroxylation is 2. The van der Waals surface area contributed by atoms with Crippen molar-refractivity contribution in [3.8, 4) is 0 Å². The number of benzene rings is 2. The minimum atomic E-state index is -0.182. The molecule has 1 heterocycles. The highest BCUT2D eigenvalue weighted by molar-refractivity contribution is 7.22. The van der Waals surface area contributed by atoms with Gasteiger partial charge < -0.3 is 4.90 Å². The number of thiazole rings is 1. The van der Waals surface area contributed by atoms with Gasteiger partial charge in [-0.2, -0.15) is 0 Å². The van der Waals surface area contributed by atoms with Crippen LogP contribution in [0.5, 0.6) is 0 Å². The van der Waals surface area contributed by atoms with Crippen LogP contribution >= 0.6 is 34.5 Å². The average Bonchev–Trinajstić information content (AvgIpc) is 3.14.